The Balaban J connectivity index is 2.47. The topological polar surface area (TPSA) is 30.2 Å². The van der Waals surface area contributed by atoms with Crippen LogP contribution in [-0.4, -0.2) is 5.78 Å². The molecule has 0 saturated heterocycles. The van der Waals surface area contributed by atoms with Crippen LogP contribution in [0.1, 0.15) is 27.4 Å². The molecule has 0 spiro atoms. The van der Waals surface area contributed by atoms with Crippen LogP contribution in [0.3, 0.4) is 0 Å². The van der Waals surface area contributed by atoms with E-state index in [2.05, 4.69) is 0 Å². The first-order chi connectivity index (χ1) is 7.59. The lowest BCUT2D eigenvalue weighted by molar-refractivity contribution is 0.103. The third-order valence-electron chi connectivity index (χ3n) is 2.40. The molecule has 0 N–H and O–H groups in total. The molecule has 2 aromatic rings. The number of carbonyl (C=O) groups is 1. The predicted molar refractivity (Wildman–Crippen MR) is 58.0 cm³/mol. The quantitative estimate of drug-likeness (QED) is 0.724. The number of carbonyl (C=O) groups excluding carboxylic acids is 1. The summed E-state index contributed by atoms with van der Waals surface area (Å²) in [4.78, 5) is 12.0. The van der Waals surface area contributed by atoms with Crippen LogP contribution >= 0.6 is 0 Å². The lowest BCUT2D eigenvalue weighted by Crippen LogP contribution is -2.04. The van der Waals surface area contributed by atoms with Gasteiger partial charge in [0, 0.05) is 0 Å². The van der Waals surface area contributed by atoms with Crippen LogP contribution < -0.4 is 0 Å². The van der Waals surface area contributed by atoms with E-state index in [-0.39, 0.29) is 11.3 Å². The third-order valence-corrected chi connectivity index (χ3v) is 2.40. The molecule has 0 aliphatic carbocycles. The Morgan fingerprint density at radius 3 is 2.44 bits per heavy atom. The number of rotatable bonds is 2. The standard InChI is InChI=1S/C13H11FO2/c1-8-7-11(9(2)16-8)13(15)10-5-3-4-6-12(10)14/h3-7H,1-2H3. The molecule has 2 nitrogen and oxygen atoms in total. The van der Waals surface area contributed by atoms with Crippen LogP contribution in [0.4, 0.5) is 4.39 Å². The van der Waals surface area contributed by atoms with Gasteiger partial charge in [-0.15, -0.1) is 0 Å². The summed E-state index contributed by atoms with van der Waals surface area (Å²) in [5, 5.41) is 0. The number of aryl methyl sites for hydroxylation is 2. The predicted octanol–water partition coefficient (Wildman–Crippen LogP) is 3.27. The average molecular weight is 218 g/mol. The van der Waals surface area contributed by atoms with Gasteiger partial charge in [0.15, 0.2) is 5.78 Å². The Morgan fingerprint density at radius 2 is 1.88 bits per heavy atom. The molecule has 1 aromatic heterocycles. The Labute approximate surface area is 92.7 Å². The Kier molecular flexibility index (Phi) is 2.60. The molecule has 82 valence electrons. The summed E-state index contributed by atoms with van der Waals surface area (Å²) in [5.74, 6) is 0.321. The second-order valence-electron chi connectivity index (χ2n) is 3.64. The van der Waals surface area contributed by atoms with Crippen LogP contribution in [0.5, 0.6) is 0 Å². The summed E-state index contributed by atoms with van der Waals surface area (Å²) < 4.78 is 18.7. The molecule has 0 aliphatic rings. The molecule has 1 heterocycles. The van der Waals surface area contributed by atoms with Gasteiger partial charge in [-0.1, -0.05) is 12.1 Å². The van der Waals surface area contributed by atoms with Crippen LogP contribution in [0.25, 0.3) is 0 Å². The second-order valence-corrected chi connectivity index (χ2v) is 3.64. The molecule has 0 amide bonds. The minimum absolute atomic E-state index is 0.0754. The largest absolute Gasteiger partial charge is 0.466 e. The Morgan fingerprint density at radius 1 is 1.19 bits per heavy atom. The van der Waals surface area contributed by atoms with Gasteiger partial charge in [0.2, 0.25) is 0 Å². The van der Waals surface area contributed by atoms with Crippen molar-refractivity contribution in [2.24, 2.45) is 0 Å². The molecule has 0 fully saturated rings. The highest BCUT2D eigenvalue weighted by atomic mass is 19.1. The monoisotopic (exact) mass is 218 g/mol. The zero-order valence-corrected chi connectivity index (χ0v) is 9.08. The number of ketones is 1. The first kappa shape index (κ1) is 10.6. The maximum atomic E-state index is 13.4. The van der Waals surface area contributed by atoms with E-state index in [9.17, 15) is 9.18 Å². The van der Waals surface area contributed by atoms with Crippen molar-refractivity contribution in [3.63, 3.8) is 0 Å². The molecule has 0 unspecified atom stereocenters. The maximum absolute atomic E-state index is 13.4. The summed E-state index contributed by atoms with van der Waals surface area (Å²) >= 11 is 0. The second kappa shape index (κ2) is 3.93. The Bertz CT molecular complexity index is 541. The summed E-state index contributed by atoms with van der Waals surface area (Å²) in [7, 11) is 0. The molecule has 3 heteroatoms. The van der Waals surface area contributed by atoms with Gasteiger partial charge < -0.3 is 4.42 Å². The van der Waals surface area contributed by atoms with Crippen LogP contribution in [0.15, 0.2) is 34.7 Å². The fourth-order valence-electron chi connectivity index (χ4n) is 1.65. The molecular formula is C13H11FO2. The zero-order valence-electron chi connectivity index (χ0n) is 9.08. The van der Waals surface area contributed by atoms with Crippen molar-refractivity contribution in [1.82, 2.24) is 0 Å². The van der Waals surface area contributed by atoms with Crippen LogP contribution in [-0.2, 0) is 0 Å². The maximum Gasteiger partial charge on any atom is 0.199 e. The van der Waals surface area contributed by atoms with Crippen molar-refractivity contribution in [1.29, 1.82) is 0 Å². The van der Waals surface area contributed by atoms with Crippen molar-refractivity contribution in [2.75, 3.05) is 0 Å². The molecule has 1 aromatic carbocycles. The minimum atomic E-state index is -0.509. The van der Waals surface area contributed by atoms with Gasteiger partial charge in [-0.05, 0) is 32.0 Å². The van der Waals surface area contributed by atoms with Crippen LogP contribution in [0, 0.1) is 19.7 Å². The van der Waals surface area contributed by atoms with E-state index >= 15 is 0 Å². The van der Waals surface area contributed by atoms with Gasteiger partial charge in [-0.3, -0.25) is 4.79 Å². The van der Waals surface area contributed by atoms with E-state index in [1.165, 1.54) is 12.1 Å². The van der Waals surface area contributed by atoms with Gasteiger partial charge in [0.05, 0.1) is 11.1 Å². The number of hydrogen-bond acceptors (Lipinski definition) is 2. The SMILES string of the molecule is Cc1cc(C(=O)c2ccccc2F)c(C)o1. The molecule has 0 radical (unpaired) electrons. The van der Waals surface area contributed by atoms with E-state index in [4.69, 9.17) is 4.42 Å². The number of benzene rings is 1. The fraction of sp³-hybridized carbons (Fsp3) is 0.154. The van der Waals surface area contributed by atoms with Gasteiger partial charge in [0.1, 0.15) is 17.3 Å². The molecule has 2 rings (SSSR count). The van der Waals surface area contributed by atoms with E-state index in [1.807, 2.05) is 0 Å². The van der Waals surface area contributed by atoms with E-state index in [0.717, 1.165) is 0 Å². The van der Waals surface area contributed by atoms with E-state index in [0.29, 0.717) is 17.1 Å². The highest BCUT2D eigenvalue weighted by molar-refractivity contribution is 6.09. The number of furan rings is 1. The summed E-state index contributed by atoms with van der Waals surface area (Å²) in [6.45, 7) is 3.45. The van der Waals surface area contributed by atoms with Crippen molar-refractivity contribution in [3.8, 4) is 0 Å². The molecular weight excluding hydrogens is 207 g/mol. The molecule has 0 saturated carbocycles. The number of hydrogen-bond donors (Lipinski definition) is 0. The highest BCUT2D eigenvalue weighted by Gasteiger charge is 2.18. The molecule has 0 atom stereocenters. The first-order valence-electron chi connectivity index (χ1n) is 4.96. The van der Waals surface area contributed by atoms with E-state index in [1.54, 1.807) is 32.0 Å². The fourth-order valence-corrected chi connectivity index (χ4v) is 1.65. The van der Waals surface area contributed by atoms with Gasteiger partial charge in [0.25, 0.3) is 0 Å². The summed E-state index contributed by atoms with van der Waals surface area (Å²) in [6.07, 6.45) is 0. The minimum Gasteiger partial charge on any atom is -0.466 e. The van der Waals surface area contributed by atoms with Gasteiger partial charge in [-0.25, -0.2) is 4.39 Å². The lowest BCUT2D eigenvalue weighted by atomic mass is 10.0. The normalized spacial score (nSPS) is 10.4. The summed E-state index contributed by atoms with van der Waals surface area (Å²) in [6, 6.07) is 7.57. The lowest BCUT2D eigenvalue weighted by Gasteiger charge is -2.00. The van der Waals surface area contributed by atoms with Gasteiger partial charge in [-0.2, -0.15) is 0 Å². The van der Waals surface area contributed by atoms with Crippen molar-refractivity contribution >= 4 is 5.78 Å². The first-order valence-corrected chi connectivity index (χ1v) is 4.96. The average Bonchev–Trinajstić information content (AvgIpc) is 2.58. The molecule has 16 heavy (non-hydrogen) atoms. The third kappa shape index (κ3) is 1.76. The smallest absolute Gasteiger partial charge is 0.199 e. The van der Waals surface area contributed by atoms with Crippen LogP contribution in [0.2, 0.25) is 0 Å². The number of halogens is 1. The van der Waals surface area contributed by atoms with Gasteiger partial charge >= 0.3 is 0 Å². The van der Waals surface area contributed by atoms with Crippen molar-refractivity contribution < 1.29 is 13.6 Å². The van der Waals surface area contributed by atoms with Crippen molar-refractivity contribution in [3.05, 3.63) is 58.8 Å². The molecule has 0 aliphatic heterocycles. The highest BCUT2D eigenvalue weighted by Crippen LogP contribution is 2.19. The van der Waals surface area contributed by atoms with Crippen molar-refractivity contribution in [2.45, 2.75) is 13.8 Å². The Hall–Kier alpha value is -1.90. The summed E-state index contributed by atoms with van der Waals surface area (Å²) in [5.41, 5.74) is 0.494. The molecule has 0 bridgehead atoms. The van der Waals surface area contributed by atoms with E-state index < -0.39 is 5.82 Å². The zero-order chi connectivity index (χ0) is 11.7.